The number of para-hydroxylation sites is 1. The van der Waals surface area contributed by atoms with Gasteiger partial charge < -0.3 is 14.6 Å². The highest BCUT2D eigenvalue weighted by Gasteiger charge is 2.20. The number of benzene rings is 3. The molecule has 0 spiro atoms. The van der Waals surface area contributed by atoms with E-state index in [1.807, 2.05) is 36.4 Å². The Morgan fingerprint density at radius 2 is 1.65 bits per heavy atom. The number of carbonyl (C=O) groups excluding carboxylic acids is 1. The molecule has 1 N–H and O–H groups in total. The van der Waals surface area contributed by atoms with E-state index in [0.29, 0.717) is 0 Å². The lowest BCUT2D eigenvalue weighted by Gasteiger charge is -2.14. The molecule has 132 valence electrons. The molecule has 1 unspecified atom stereocenters. The van der Waals surface area contributed by atoms with Gasteiger partial charge >= 0.3 is 11.9 Å². The van der Waals surface area contributed by atoms with Gasteiger partial charge in [-0.05, 0) is 47.5 Å². The van der Waals surface area contributed by atoms with Gasteiger partial charge in [0.15, 0.2) is 0 Å². The fraction of sp³-hybridized carbons (Fsp3) is 0.143. The van der Waals surface area contributed by atoms with E-state index in [-0.39, 0.29) is 11.3 Å². The Bertz CT molecular complexity index is 977. The van der Waals surface area contributed by atoms with E-state index in [1.165, 1.54) is 12.1 Å². The average Bonchev–Trinajstić information content (AvgIpc) is 2.66. The van der Waals surface area contributed by atoms with Gasteiger partial charge in [0.05, 0.1) is 13.0 Å². The number of esters is 1. The zero-order valence-corrected chi connectivity index (χ0v) is 14.4. The average molecular weight is 350 g/mol. The highest BCUT2D eigenvalue weighted by Crippen LogP contribution is 2.27. The van der Waals surface area contributed by atoms with Gasteiger partial charge in [-0.25, -0.2) is 4.79 Å². The molecule has 0 aromatic heterocycles. The van der Waals surface area contributed by atoms with Crippen LogP contribution in [-0.2, 0) is 4.79 Å². The number of carboxylic acid groups (broad SMARTS) is 1. The van der Waals surface area contributed by atoms with Crippen molar-refractivity contribution in [3.63, 3.8) is 0 Å². The van der Waals surface area contributed by atoms with Crippen LogP contribution in [-0.4, -0.2) is 24.2 Å². The minimum atomic E-state index is -1.14. The van der Waals surface area contributed by atoms with E-state index < -0.39 is 17.9 Å². The van der Waals surface area contributed by atoms with Gasteiger partial charge in [0, 0.05) is 0 Å². The maximum Gasteiger partial charge on any atom is 0.339 e. The van der Waals surface area contributed by atoms with Crippen molar-refractivity contribution < 1.29 is 24.2 Å². The number of aromatic carboxylic acids is 1. The molecule has 1 atom stereocenters. The second-order valence-corrected chi connectivity index (χ2v) is 5.92. The van der Waals surface area contributed by atoms with Crippen LogP contribution in [0, 0.1) is 0 Å². The van der Waals surface area contributed by atoms with Crippen LogP contribution in [0.15, 0.2) is 60.7 Å². The van der Waals surface area contributed by atoms with Crippen LogP contribution in [0.2, 0.25) is 0 Å². The van der Waals surface area contributed by atoms with Gasteiger partial charge in [-0.15, -0.1) is 0 Å². The largest absolute Gasteiger partial charge is 0.497 e. The summed E-state index contributed by atoms with van der Waals surface area (Å²) in [6, 6.07) is 17.5. The Hall–Kier alpha value is -3.34. The first-order valence-corrected chi connectivity index (χ1v) is 8.11. The van der Waals surface area contributed by atoms with Crippen LogP contribution in [0.25, 0.3) is 10.8 Å². The fourth-order valence-corrected chi connectivity index (χ4v) is 2.70. The minimum Gasteiger partial charge on any atom is -0.497 e. The molecule has 5 nitrogen and oxygen atoms in total. The summed E-state index contributed by atoms with van der Waals surface area (Å²) in [6.07, 6.45) is 0. The topological polar surface area (TPSA) is 72.8 Å². The summed E-state index contributed by atoms with van der Waals surface area (Å²) in [5, 5.41) is 11.2. The predicted molar refractivity (Wildman–Crippen MR) is 98.0 cm³/mol. The van der Waals surface area contributed by atoms with Gasteiger partial charge in [0.1, 0.15) is 17.1 Å². The third-order valence-corrected chi connectivity index (χ3v) is 4.25. The Balaban J connectivity index is 1.84. The van der Waals surface area contributed by atoms with E-state index in [1.54, 1.807) is 26.2 Å². The van der Waals surface area contributed by atoms with Crippen molar-refractivity contribution in [2.24, 2.45) is 0 Å². The molecule has 0 saturated carbocycles. The number of rotatable bonds is 5. The summed E-state index contributed by atoms with van der Waals surface area (Å²) in [4.78, 5) is 23.7. The fourth-order valence-electron chi connectivity index (χ4n) is 2.70. The molecular weight excluding hydrogens is 332 g/mol. The quantitative estimate of drug-likeness (QED) is 0.550. The van der Waals surface area contributed by atoms with Gasteiger partial charge in [-0.2, -0.15) is 0 Å². The van der Waals surface area contributed by atoms with E-state index in [4.69, 9.17) is 9.47 Å². The third kappa shape index (κ3) is 3.52. The van der Waals surface area contributed by atoms with Crippen LogP contribution in [0.4, 0.5) is 0 Å². The molecule has 0 radical (unpaired) electrons. The number of hydrogen-bond donors (Lipinski definition) is 1. The highest BCUT2D eigenvalue weighted by atomic mass is 16.5. The van der Waals surface area contributed by atoms with Crippen molar-refractivity contribution in [3.8, 4) is 11.5 Å². The zero-order chi connectivity index (χ0) is 18.7. The first-order chi connectivity index (χ1) is 12.5. The lowest BCUT2D eigenvalue weighted by atomic mass is 9.98. The van der Waals surface area contributed by atoms with Gasteiger partial charge in [0.25, 0.3) is 0 Å². The molecule has 0 aliphatic carbocycles. The van der Waals surface area contributed by atoms with Crippen LogP contribution in [0.5, 0.6) is 11.5 Å². The molecule has 0 saturated heterocycles. The van der Waals surface area contributed by atoms with Crippen molar-refractivity contribution in [2.75, 3.05) is 7.11 Å². The molecular formula is C21H18O5. The Kier molecular flexibility index (Phi) is 4.89. The summed E-state index contributed by atoms with van der Waals surface area (Å²) in [7, 11) is 1.61. The van der Waals surface area contributed by atoms with Crippen molar-refractivity contribution in [1.82, 2.24) is 0 Å². The summed E-state index contributed by atoms with van der Waals surface area (Å²) < 4.78 is 10.5. The van der Waals surface area contributed by atoms with E-state index >= 15 is 0 Å². The van der Waals surface area contributed by atoms with E-state index in [9.17, 15) is 14.7 Å². The monoisotopic (exact) mass is 350 g/mol. The molecule has 3 aromatic carbocycles. The number of ether oxygens (including phenoxy) is 2. The molecule has 26 heavy (non-hydrogen) atoms. The number of hydrogen-bond acceptors (Lipinski definition) is 4. The summed E-state index contributed by atoms with van der Waals surface area (Å²) >= 11 is 0. The predicted octanol–water partition coefficient (Wildman–Crippen LogP) is 4.26. The molecule has 3 rings (SSSR count). The van der Waals surface area contributed by atoms with Crippen LogP contribution < -0.4 is 9.47 Å². The third-order valence-electron chi connectivity index (χ3n) is 4.25. The molecule has 0 bridgehead atoms. The first kappa shape index (κ1) is 17.5. The van der Waals surface area contributed by atoms with Crippen molar-refractivity contribution in [2.45, 2.75) is 12.8 Å². The van der Waals surface area contributed by atoms with Gasteiger partial charge in [0.2, 0.25) is 0 Å². The van der Waals surface area contributed by atoms with Gasteiger partial charge in [-0.3, -0.25) is 4.79 Å². The normalized spacial score (nSPS) is 11.8. The smallest absolute Gasteiger partial charge is 0.339 e. The van der Waals surface area contributed by atoms with Crippen molar-refractivity contribution in [1.29, 1.82) is 0 Å². The van der Waals surface area contributed by atoms with Gasteiger partial charge in [-0.1, -0.05) is 36.4 Å². The van der Waals surface area contributed by atoms with Crippen molar-refractivity contribution in [3.05, 3.63) is 71.8 Å². The van der Waals surface area contributed by atoms with E-state index in [2.05, 4.69) is 0 Å². The molecule has 0 aliphatic rings. The molecule has 0 fully saturated rings. The second kappa shape index (κ2) is 7.27. The van der Waals surface area contributed by atoms with Crippen LogP contribution >= 0.6 is 0 Å². The summed E-state index contributed by atoms with van der Waals surface area (Å²) in [5.41, 5.74) is 0.749. The van der Waals surface area contributed by atoms with Crippen LogP contribution in [0.3, 0.4) is 0 Å². The SMILES string of the molecule is COc1ccc2cc(C(C)C(=O)Oc3ccccc3C(=O)O)ccc2c1. The van der Waals surface area contributed by atoms with Crippen molar-refractivity contribution >= 4 is 22.7 Å². The maximum atomic E-state index is 12.5. The minimum absolute atomic E-state index is 0.0429. The number of methoxy groups -OCH3 is 1. The lowest BCUT2D eigenvalue weighted by Crippen LogP contribution is -2.17. The first-order valence-electron chi connectivity index (χ1n) is 8.11. The number of fused-ring (bicyclic) bond motifs is 1. The lowest BCUT2D eigenvalue weighted by molar-refractivity contribution is -0.135. The Labute approximate surface area is 150 Å². The highest BCUT2D eigenvalue weighted by molar-refractivity contribution is 5.93. The number of carbonyl (C=O) groups is 2. The summed E-state index contributed by atoms with van der Waals surface area (Å²) in [5.74, 6) is -1.37. The maximum absolute atomic E-state index is 12.5. The number of carboxylic acids is 1. The van der Waals surface area contributed by atoms with E-state index in [0.717, 1.165) is 22.1 Å². The summed E-state index contributed by atoms with van der Waals surface area (Å²) in [6.45, 7) is 1.73. The molecule has 0 heterocycles. The standard InChI is InChI=1S/C21H18O5/c1-13(21(24)26-19-6-4-3-5-18(19)20(22)23)14-7-8-16-12-17(25-2)10-9-15(16)11-14/h3-13H,1-2H3,(H,22,23). The molecule has 3 aromatic rings. The van der Waals surface area contributed by atoms with Crippen LogP contribution in [0.1, 0.15) is 28.8 Å². The Morgan fingerprint density at radius 1 is 0.962 bits per heavy atom. The second-order valence-electron chi connectivity index (χ2n) is 5.92. The molecule has 5 heteroatoms. The molecule has 0 aliphatic heterocycles. The zero-order valence-electron chi connectivity index (χ0n) is 14.4. The Morgan fingerprint density at radius 3 is 2.38 bits per heavy atom. The molecule has 0 amide bonds.